The van der Waals surface area contributed by atoms with Crippen molar-refractivity contribution in [1.82, 2.24) is 10.6 Å². The fourth-order valence-electron chi connectivity index (χ4n) is 1.91. The number of amides is 2. The van der Waals surface area contributed by atoms with E-state index in [1.807, 2.05) is 6.92 Å². The van der Waals surface area contributed by atoms with E-state index >= 15 is 0 Å². The van der Waals surface area contributed by atoms with Gasteiger partial charge in [0.2, 0.25) is 11.8 Å². The van der Waals surface area contributed by atoms with Crippen LogP contribution in [0, 0.1) is 11.6 Å². The van der Waals surface area contributed by atoms with Gasteiger partial charge in [-0.05, 0) is 24.1 Å². The molecule has 0 aromatic heterocycles. The molecule has 116 valence electrons. The van der Waals surface area contributed by atoms with E-state index in [0.717, 1.165) is 31.4 Å². The Morgan fingerprint density at radius 3 is 2.48 bits per heavy atom. The maximum atomic E-state index is 13.3. The third kappa shape index (κ3) is 5.13. The standard InChI is InChI=1S/C15H20F2N2O2/c1-3-4-5-6-13(20)19-14(15(21)18-2)10-7-8-11(16)12(17)9-10/h7-9,14H,3-6H2,1-2H3,(H,18,21)(H,19,20). The Hall–Kier alpha value is -1.98. The van der Waals surface area contributed by atoms with E-state index in [2.05, 4.69) is 10.6 Å². The van der Waals surface area contributed by atoms with Gasteiger partial charge in [0.25, 0.3) is 0 Å². The van der Waals surface area contributed by atoms with Crippen LogP contribution in [0.4, 0.5) is 8.78 Å². The zero-order valence-corrected chi connectivity index (χ0v) is 12.2. The number of halogens is 2. The van der Waals surface area contributed by atoms with Crippen LogP contribution in [0.1, 0.15) is 44.2 Å². The first-order chi connectivity index (χ1) is 9.99. The zero-order valence-electron chi connectivity index (χ0n) is 12.2. The predicted molar refractivity (Wildman–Crippen MR) is 75.5 cm³/mol. The molecule has 6 heteroatoms. The normalized spacial score (nSPS) is 11.8. The van der Waals surface area contributed by atoms with Crippen molar-refractivity contribution in [3.8, 4) is 0 Å². The minimum Gasteiger partial charge on any atom is -0.357 e. The summed E-state index contributed by atoms with van der Waals surface area (Å²) in [7, 11) is 1.42. The molecule has 0 heterocycles. The zero-order chi connectivity index (χ0) is 15.8. The average molecular weight is 298 g/mol. The number of nitrogens with one attached hydrogen (secondary N) is 2. The van der Waals surface area contributed by atoms with Crippen LogP contribution in [0.25, 0.3) is 0 Å². The molecular weight excluding hydrogens is 278 g/mol. The highest BCUT2D eigenvalue weighted by Gasteiger charge is 2.22. The molecule has 4 nitrogen and oxygen atoms in total. The quantitative estimate of drug-likeness (QED) is 0.760. The second kappa shape index (κ2) is 8.34. The molecule has 1 unspecified atom stereocenters. The largest absolute Gasteiger partial charge is 0.357 e. The minimum absolute atomic E-state index is 0.206. The van der Waals surface area contributed by atoms with Gasteiger partial charge in [0.15, 0.2) is 11.6 Å². The predicted octanol–water partition coefficient (Wildman–Crippen LogP) is 2.45. The van der Waals surface area contributed by atoms with Crippen LogP contribution >= 0.6 is 0 Å². The van der Waals surface area contributed by atoms with Crippen LogP contribution < -0.4 is 10.6 Å². The Kier molecular flexibility index (Phi) is 6.78. The van der Waals surface area contributed by atoms with Crippen LogP contribution in [0.3, 0.4) is 0 Å². The van der Waals surface area contributed by atoms with Gasteiger partial charge in [-0.15, -0.1) is 0 Å². The third-order valence-corrected chi connectivity index (χ3v) is 3.10. The molecule has 2 amide bonds. The Morgan fingerprint density at radius 2 is 1.90 bits per heavy atom. The average Bonchev–Trinajstić information content (AvgIpc) is 2.47. The molecule has 0 fully saturated rings. The summed E-state index contributed by atoms with van der Waals surface area (Å²) < 4.78 is 26.2. The van der Waals surface area contributed by atoms with Gasteiger partial charge in [-0.25, -0.2) is 8.78 Å². The molecule has 0 spiro atoms. The summed E-state index contributed by atoms with van der Waals surface area (Å²) in [5.74, 6) is -2.82. The Morgan fingerprint density at radius 1 is 1.19 bits per heavy atom. The lowest BCUT2D eigenvalue weighted by atomic mass is 10.1. The number of rotatable bonds is 7. The van der Waals surface area contributed by atoms with E-state index in [9.17, 15) is 18.4 Å². The number of carbonyl (C=O) groups is 2. The molecular formula is C15H20F2N2O2. The Bertz CT molecular complexity index is 506. The van der Waals surface area contributed by atoms with Crippen molar-refractivity contribution in [3.63, 3.8) is 0 Å². The molecule has 0 aliphatic heterocycles. The summed E-state index contributed by atoms with van der Waals surface area (Å²) in [5.41, 5.74) is 0.206. The highest BCUT2D eigenvalue weighted by atomic mass is 19.2. The van der Waals surface area contributed by atoms with Gasteiger partial charge in [-0.2, -0.15) is 0 Å². The molecule has 0 radical (unpaired) electrons. The van der Waals surface area contributed by atoms with Crippen molar-refractivity contribution >= 4 is 11.8 Å². The molecule has 0 saturated heterocycles. The van der Waals surface area contributed by atoms with Crippen molar-refractivity contribution in [2.24, 2.45) is 0 Å². The van der Waals surface area contributed by atoms with Crippen LogP contribution in [-0.4, -0.2) is 18.9 Å². The van der Waals surface area contributed by atoms with Gasteiger partial charge in [0, 0.05) is 13.5 Å². The second-order valence-electron chi connectivity index (χ2n) is 4.75. The minimum atomic E-state index is -1.05. The van der Waals surface area contributed by atoms with E-state index < -0.39 is 23.6 Å². The topological polar surface area (TPSA) is 58.2 Å². The van der Waals surface area contributed by atoms with Gasteiger partial charge in [0.05, 0.1) is 0 Å². The maximum Gasteiger partial charge on any atom is 0.246 e. The molecule has 1 atom stereocenters. The summed E-state index contributed by atoms with van der Waals surface area (Å²) in [6.07, 6.45) is 2.92. The summed E-state index contributed by atoms with van der Waals surface area (Å²) >= 11 is 0. The number of benzene rings is 1. The van der Waals surface area contributed by atoms with E-state index in [0.29, 0.717) is 6.42 Å². The highest BCUT2D eigenvalue weighted by Crippen LogP contribution is 2.17. The molecule has 21 heavy (non-hydrogen) atoms. The molecule has 0 bridgehead atoms. The summed E-state index contributed by atoms with van der Waals surface area (Å²) in [6, 6.07) is 2.11. The van der Waals surface area contributed by atoms with Gasteiger partial charge in [0.1, 0.15) is 6.04 Å². The van der Waals surface area contributed by atoms with Gasteiger partial charge < -0.3 is 10.6 Å². The lowest BCUT2D eigenvalue weighted by Gasteiger charge is -2.18. The summed E-state index contributed by atoms with van der Waals surface area (Å²) in [4.78, 5) is 23.6. The van der Waals surface area contributed by atoms with E-state index in [1.54, 1.807) is 0 Å². The molecule has 0 aliphatic carbocycles. The van der Waals surface area contributed by atoms with Crippen molar-refractivity contribution in [2.45, 2.75) is 38.6 Å². The van der Waals surface area contributed by atoms with Crippen LogP contribution in [-0.2, 0) is 9.59 Å². The third-order valence-electron chi connectivity index (χ3n) is 3.10. The smallest absolute Gasteiger partial charge is 0.246 e. The van der Waals surface area contributed by atoms with Crippen molar-refractivity contribution in [1.29, 1.82) is 0 Å². The van der Waals surface area contributed by atoms with Gasteiger partial charge in [-0.3, -0.25) is 9.59 Å². The number of unbranched alkanes of at least 4 members (excludes halogenated alkanes) is 2. The fourth-order valence-corrected chi connectivity index (χ4v) is 1.91. The molecule has 1 rings (SSSR count). The number of hydrogen-bond acceptors (Lipinski definition) is 2. The van der Waals surface area contributed by atoms with Crippen LogP contribution in [0.5, 0.6) is 0 Å². The lowest BCUT2D eigenvalue weighted by molar-refractivity contribution is -0.129. The first-order valence-electron chi connectivity index (χ1n) is 6.95. The second-order valence-corrected chi connectivity index (χ2v) is 4.75. The van der Waals surface area contributed by atoms with E-state index in [-0.39, 0.29) is 11.5 Å². The van der Waals surface area contributed by atoms with E-state index in [4.69, 9.17) is 0 Å². The monoisotopic (exact) mass is 298 g/mol. The number of hydrogen-bond donors (Lipinski definition) is 2. The van der Waals surface area contributed by atoms with Gasteiger partial charge >= 0.3 is 0 Å². The summed E-state index contributed by atoms with van der Waals surface area (Å²) in [6.45, 7) is 2.02. The first kappa shape index (κ1) is 17.1. The number of carbonyl (C=O) groups excluding carboxylic acids is 2. The highest BCUT2D eigenvalue weighted by molar-refractivity contribution is 5.88. The van der Waals surface area contributed by atoms with Crippen molar-refractivity contribution in [3.05, 3.63) is 35.4 Å². The molecule has 1 aromatic rings. The SMILES string of the molecule is CCCCCC(=O)NC(C(=O)NC)c1ccc(F)c(F)c1. The molecule has 0 aliphatic rings. The molecule has 0 saturated carbocycles. The molecule has 2 N–H and O–H groups in total. The van der Waals surface area contributed by atoms with Gasteiger partial charge in [-0.1, -0.05) is 25.8 Å². The Balaban J connectivity index is 2.83. The van der Waals surface area contributed by atoms with Crippen molar-refractivity contribution < 1.29 is 18.4 Å². The van der Waals surface area contributed by atoms with Crippen LogP contribution in [0.2, 0.25) is 0 Å². The molecule has 1 aromatic carbocycles. The number of likely N-dealkylation sites (N-methyl/N-ethyl adjacent to an activating group) is 1. The Labute approximate surface area is 122 Å². The lowest BCUT2D eigenvalue weighted by Crippen LogP contribution is -2.39. The first-order valence-corrected chi connectivity index (χ1v) is 6.95. The van der Waals surface area contributed by atoms with Crippen LogP contribution in [0.15, 0.2) is 18.2 Å². The van der Waals surface area contributed by atoms with Crippen molar-refractivity contribution in [2.75, 3.05) is 7.05 Å². The fraction of sp³-hybridized carbons (Fsp3) is 0.467. The van der Waals surface area contributed by atoms with E-state index in [1.165, 1.54) is 13.1 Å². The maximum absolute atomic E-state index is 13.3. The summed E-state index contributed by atoms with van der Waals surface area (Å²) in [5, 5.41) is 4.95.